The molecular weight excluding hydrogens is 235 g/mol. The Morgan fingerprint density at radius 3 is 2.71 bits per heavy atom. The van der Waals surface area contributed by atoms with E-state index >= 15 is 0 Å². The van der Waals surface area contributed by atoms with Gasteiger partial charge in [0, 0.05) is 6.54 Å². The Hall–Kier alpha value is -0.820. The van der Waals surface area contributed by atoms with E-state index in [0.29, 0.717) is 12.5 Å². The molecule has 0 bridgehead atoms. The van der Waals surface area contributed by atoms with E-state index in [9.17, 15) is 18.0 Å². The first kappa shape index (κ1) is 14.2. The van der Waals surface area contributed by atoms with Crippen molar-refractivity contribution in [2.75, 3.05) is 39.8 Å². The van der Waals surface area contributed by atoms with E-state index in [1.54, 1.807) is 0 Å². The predicted molar refractivity (Wildman–Crippen MR) is 57.5 cm³/mol. The van der Waals surface area contributed by atoms with Crippen LogP contribution < -0.4 is 10.6 Å². The summed E-state index contributed by atoms with van der Waals surface area (Å²) >= 11 is 0. The zero-order valence-corrected chi connectivity index (χ0v) is 9.81. The third-order valence-corrected chi connectivity index (χ3v) is 2.69. The second-order valence-corrected chi connectivity index (χ2v) is 4.44. The van der Waals surface area contributed by atoms with Crippen LogP contribution in [0.4, 0.5) is 13.2 Å². The van der Waals surface area contributed by atoms with Crippen molar-refractivity contribution in [1.82, 2.24) is 15.5 Å². The van der Waals surface area contributed by atoms with Gasteiger partial charge in [0.15, 0.2) is 0 Å². The normalized spacial score (nSPS) is 21.8. The van der Waals surface area contributed by atoms with Gasteiger partial charge in [0.2, 0.25) is 5.91 Å². The Kier molecular flexibility index (Phi) is 5.20. The Balaban J connectivity index is 2.04. The van der Waals surface area contributed by atoms with Crippen molar-refractivity contribution in [3.8, 4) is 0 Å². The molecule has 4 nitrogen and oxygen atoms in total. The molecule has 0 aliphatic carbocycles. The maximum Gasteiger partial charge on any atom is 0.405 e. The molecule has 1 aliphatic rings. The van der Waals surface area contributed by atoms with Gasteiger partial charge < -0.3 is 15.5 Å². The highest BCUT2D eigenvalue weighted by Crippen LogP contribution is 2.13. The molecule has 100 valence electrons. The lowest BCUT2D eigenvalue weighted by atomic mass is 10.1. The summed E-state index contributed by atoms with van der Waals surface area (Å²) in [5.41, 5.74) is 0. The zero-order chi connectivity index (χ0) is 12.9. The molecule has 1 aliphatic heterocycles. The van der Waals surface area contributed by atoms with Crippen molar-refractivity contribution < 1.29 is 18.0 Å². The van der Waals surface area contributed by atoms with Gasteiger partial charge in [0.25, 0.3) is 0 Å². The van der Waals surface area contributed by atoms with E-state index in [1.807, 2.05) is 12.4 Å². The minimum Gasteiger partial charge on any atom is -0.346 e. The molecule has 0 aromatic carbocycles. The van der Waals surface area contributed by atoms with Crippen LogP contribution in [0.15, 0.2) is 0 Å². The van der Waals surface area contributed by atoms with Crippen LogP contribution in [0.5, 0.6) is 0 Å². The Bertz CT molecular complexity index is 258. The van der Waals surface area contributed by atoms with Crippen LogP contribution in [-0.2, 0) is 4.79 Å². The minimum absolute atomic E-state index is 0.0592. The van der Waals surface area contributed by atoms with Crippen LogP contribution in [-0.4, -0.2) is 56.8 Å². The molecule has 1 amide bonds. The first-order chi connectivity index (χ1) is 7.87. The van der Waals surface area contributed by atoms with Crippen LogP contribution in [0.25, 0.3) is 0 Å². The average Bonchev–Trinajstić information content (AvgIpc) is 2.60. The van der Waals surface area contributed by atoms with Gasteiger partial charge in [0.1, 0.15) is 6.54 Å². The molecule has 17 heavy (non-hydrogen) atoms. The number of nitrogens with zero attached hydrogens (tertiary/aromatic N) is 1. The maximum atomic E-state index is 11.8. The molecule has 0 spiro atoms. The third kappa shape index (κ3) is 6.48. The summed E-state index contributed by atoms with van der Waals surface area (Å²) in [6.07, 6.45) is -3.28. The number of hydrogen-bond donors (Lipinski definition) is 2. The molecule has 0 saturated carbocycles. The van der Waals surface area contributed by atoms with E-state index in [2.05, 4.69) is 10.2 Å². The van der Waals surface area contributed by atoms with Gasteiger partial charge in [0.05, 0.1) is 6.54 Å². The molecule has 7 heteroatoms. The van der Waals surface area contributed by atoms with Crippen LogP contribution in [0, 0.1) is 5.92 Å². The molecule has 0 radical (unpaired) electrons. The Morgan fingerprint density at radius 2 is 2.18 bits per heavy atom. The smallest absolute Gasteiger partial charge is 0.346 e. The van der Waals surface area contributed by atoms with Crippen LogP contribution in [0.1, 0.15) is 6.42 Å². The van der Waals surface area contributed by atoms with Crippen molar-refractivity contribution in [2.24, 2.45) is 5.92 Å². The van der Waals surface area contributed by atoms with E-state index in [4.69, 9.17) is 0 Å². The first-order valence-corrected chi connectivity index (χ1v) is 5.59. The van der Waals surface area contributed by atoms with Gasteiger partial charge in [-0.05, 0) is 32.5 Å². The summed E-state index contributed by atoms with van der Waals surface area (Å²) < 4.78 is 35.4. The molecule has 0 aromatic heterocycles. The number of alkyl halides is 3. The quantitative estimate of drug-likeness (QED) is 0.736. The number of nitrogens with one attached hydrogen (secondary N) is 2. The number of carbonyl (C=O) groups excluding carboxylic acids is 1. The highest BCUT2D eigenvalue weighted by molar-refractivity contribution is 5.77. The topological polar surface area (TPSA) is 44.4 Å². The van der Waals surface area contributed by atoms with Crippen LogP contribution in [0.2, 0.25) is 0 Å². The number of hydrogen-bond acceptors (Lipinski definition) is 3. The van der Waals surface area contributed by atoms with Gasteiger partial charge in [-0.2, -0.15) is 13.2 Å². The fourth-order valence-corrected chi connectivity index (χ4v) is 1.84. The number of likely N-dealkylation sites (tertiary alicyclic amines) is 1. The highest BCUT2D eigenvalue weighted by atomic mass is 19.4. The Morgan fingerprint density at radius 1 is 1.47 bits per heavy atom. The fraction of sp³-hybridized carbons (Fsp3) is 0.900. The number of amides is 1. The summed E-state index contributed by atoms with van der Waals surface area (Å²) in [5.74, 6) is -0.135. The lowest BCUT2D eigenvalue weighted by Gasteiger charge is -2.12. The van der Waals surface area contributed by atoms with Gasteiger partial charge in [-0.15, -0.1) is 0 Å². The van der Waals surface area contributed by atoms with E-state index in [-0.39, 0.29) is 6.54 Å². The fourth-order valence-electron chi connectivity index (χ4n) is 1.84. The second-order valence-electron chi connectivity index (χ2n) is 4.44. The maximum absolute atomic E-state index is 11.8. The number of halogens is 3. The minimum atomic E-state index is -4.34. The summed E-state index contributed by atoms with van der Waals surface area (Å²) in [4.78, 5) is 13.2. The average molecular weight is 253 g/mol. The lowest BCUT2D eigenvalue weighted by Crippen LogP contribution is -2.40. The molecule has 2 N–H and O–H groups in total. The van der Waals surface area contributed by atoms with Gasteiger partial charge >= 0.3 is 6.18 Å². The van der Waals surface area contributed by atoms with E-state index in [1.165, 1.54) is 0 Å². The van der Waals surface area contributed by atoms with Gasteiger partial charge in [-0.25, -0.2) is 0 Å². The molecule has 1 fully saturated rings. The summed E-state index contributed by atoms with van der Waals surface area (Å²) in [5, 5.41) is 4.70. The molecule has 1 saturated heterocycles. The molecule has 1 rings (SSSR count). The van der Waals surface area contributed by atoms with Crippen molar-refractivity contribution in [3.05, 3.63) is 0 Å². The van der Waals surface area contributed by atoms with Crippen molar-refractivity contribution >= 4 is 5.91 Å². The molecule has 1 atom stereocenters. The monoisotopic (exact) mass is 253 g/mol. The molecule has 0 aromatic rings. The van der Waals surface area contributed by atoms with Crippen LogP contribution >= 0.6 is 0 Å². The number of carbonyl (C=O) groups is 1. The summed E-state index contributed by atoms with van der Waals surface area (Å²) in [6.45, 7) is 1.35. The largest absolute Gasteiger partial charge is 0.405 e. The summed E-state index contributed by atoms with van der Waals surface area (Å²) in [6, 6.07) is 0. The first-order valence-electron chi connectivity index (χ1n) is 5.59. The SMILES string of the molecule is CN1CCC(CNCC(=O)NCC(F)(F)F)C1. The van der Waals surface area contributed by atoms with E-state index in [0.717, 1.165) is 19.5 Å². The second kappa shape index (κ2) is 6.20. The van der Waals surface area contributed by atoms with Crippen LogP contribution in [0.3, 0.4) is 0 Å². The van der Waals surface area contributed by atoms with Crippen molar-refractivity contribution in [3.63, 3.8) is 0 Å². The molecule has 1 heterocycles. The molecular formula is C10H18F3N3O. The lowest BCUT2D eigenvalue weighted by molar-refractivity contribution is -0.137. The van der Waals surface area contributed by atoms with Crippen molar-refractivity contribution in [2.45, 2.75) is 12.6 Å². The summed E-state index contributed by atoms with van der Waals surface area (Å²) in [7, 11) is 2.02. The zero-order valence-electron chi connectivity index (χ0n) is 9.81. The van der Waals surface area contributed by atoms with Gasteiger partial charge in [-0.1, -0.05) is 0 Å². The van der Waals surface area contributed by atoms with Crippen molar-refractivity contribution in [1.29, 1.82) is 0 Å². The standard InChI is InChI=1S/C10H18F3N3O/c1-16-3-2-8(6-16)4-14-5-9(17)15-7-10(11,12)13/h8,14H,2-7H2,1H3,(H,15,17). The number of rotatable bonds is 5. The predicted octanol–water partition coefficient (Wildman–Crippen LogP) is 0.206. The Labute approximate surface area is 98.5 Å². The molecule has 1 unspecified atom stereocenters. The highest BCUT2D eigenvalue weighted by Gasteiger charge is 2.27. The third-order valence-electron chi connectivity index (χ3n) is 2.69. The van der Waals surface area contributed by atoms with E-state index < -0.39 is 18.6 Å². The van der Waals surface area contributed by atoms with Gasteiger partial charge in [-0.3, -0.25) is 4.79 Å².